The summed E-state index contributed by atoms with van der Waals surface area (Å²) in [6.07, 6.45) is 3.76. The highest BCUT2D eigenvalue weighted by molar-refractivity contribution is 6.06. The smallest absolute Gasteiger partial charge is 0.255 e. The van der Waals surface area contributed by atoms with Crippen molar-refractivity contribution in [3.8, 4) is 5.75 Å². The Labute approximate surface area is 159 Å². The molecule has 27 heavy (non-hydrogen) atoms. The Hall–Kier alpha value is -3.08. The van der Waals surface area contributed by atoms with Gasteiger partial charge in [-0.2, -0.15) is 0 Å². The van der Waals surface area contributed by atoms with Gasteiger partial charge in [0.2, 0.25) is 0 Å². The van der Waals surface area contributed by atoms with Crippen molar-refractivity contribution in [1.29, 1.82) is 0 Å². The molecule has 5 heteroatoms. The van der Waals surface area contributed by atoms with Gasteiger partial charge >= 0.3 is 0 Å². The highest BCUT2D eigenvalue weighted by Gasteiger charge is 2.13. The number of aromatic nitrogens is 1. The zero-order valence-electron chi connectivity index (χ0n) is 15.4. The molecule has 4 rings (SSSR count). The van der Waals surface area contributed by atoms with Crippen molar-refractivity contribution in [1.82, 2.24) is 4.98 Å². The van der Waals surface area contributed by atoms with Crippen molar-refractivity contribution in [2.75, 3.05) is 30.4 Å². The number of carbonyl (C=O) groups is 1. The number of pyridine rings is 1. The van der Waals surface area contributed by atoms with Crippen LogP contribution in [0.1, 0.15) is 29.6 Å². The summed E-state index contributed by atoms with van der Waals surface area (Å²) in [6, 6.07) is 17.0. The van der Waals surface area contributed by atoms with Gasteiger partial charge in [0, 0.05) is 29.7 Å². The van der Waals surface area contributed by atoms with Crippen LogP contribution in [0.25, 0.3) is 10.9 Å². The second kappa shape index (κ2) is 7.66. The van der Waals surface area contributed by atoms with E-state index in [4.69, 9.17) is 9.72 Å². The molecule has 2 aromatic carbocycles. The van der Waals surface area contributed by atoms with Crippen LogP contribution in [0.4, 0.5) is 11.5 Å². The lowest BCUT2D eigenvalue weighted by Gasteiger charge is -2.27. The molecule has 1 N–H and O–H groups in total. The highest BCUT2D eigenvalue weighted by atomic mass is 16.5. The average molecular weight is 361 g/mol. The Balaban J connectivity index is 1.52. The summed E-state index contributed by atoms with van der Waals surface area (Å²) >= 11 is 0. The number of methoxy groups -OCH3 is 1. The van der Waals surface area contributed by atoms with E-state index in [0.29, 0.717) is 5.56 Å². The third-order valence-corrected chi connectivity index (χ3v) is 4.96. The predicted octanol–water partition coefficient (Wildman–Crippen LogP) is 4.49. The summed E-state index contributed by atoms with van der Waals surface area (Å²) in [7, 11) is 1.62. The predicted molar refractivity (Wildman–Crippen MR) is 109 cm³/mol. The van der Waals surface area contributed by atoms with E-state index in [0.717, 1.165) is 41.2 Å². The van der Waals surface area contributed by atoms with E-state index in [1.807, 2.05) is 42.5 Å². The first kappa shape index (κ1) is 17.3. The average Bonchev–Trinajstić information content (AvgIpc) is 2.74. The lowest BCUT2D eigenvalue weighted by atomic mass is 10.1. The van der Waals surface area contributed by atoms with E-state index in [-0.39, 0.29) is 5.91 Å². The van der Waals surface area contributed by atoms with Crippen LogP contribution in [0.5, 0.6) is 5.75 Å². The first-order chi connectivity index (χ1) is 13.2. The molecule has 0 unspecified atom stereocenters. The number of piperidine rings is 1. The minimum atomic E-state index is -0.137. The van der Waals surface area contributed by atoms with E-state index in [2.05, 4.69) is 22.3 Å². The number of hydrogen-bond acceptors (Lipinski definition) is 4. The molecule has 138 valence electrons. The molecule has 3 aromatic rings. The van der Waals surface area contributed by atoms with E-state index >= 15 is 0 Å². The molecule has 5 nitrogen and oxygen atoms in total. The fourth-order valence-electron chi connectivity index (χ4n) is 3.43. The van der Waals surface area contributed by atoms with Gasteiger partial charge in [-0.15, -0.1) is 0 Å². The first-order valence-electron chi connectivity index (χ1n) is 9.34. The zero-order chi connectivity index (χ0) is 18.6. The van der Waals surface area contributed by atoms with E-state index in [9.17, 15) is 4.79 Å². The lowest BCUT2D eigenvalue weighted by Crippen LogP contribution is -2.30. The largest absolute Gasteiger partial charge is 0.497 e. The van der Waals surface area contributed by atoms with Crippen molar-refractivity contribution < 1.29 is 9.53 Å². The van der Waals surface area contributed by atoms with Gasteiger partial charge < -0.3 is 15.0 Å². The molecule has 1 fully saturated rings. The Morgan fingerprint density at radius 2 is 1.78 bits per heavy atom. The quantitative estimate of drug-likeness (QED) is 0.744. The number of hydrogen-bond donors (Lipinski definition) is 1. The fraction of sp³-hybridized carbons (Fsp3) is 0.273. The second-order valence-corrected chi connectivity index (χ2v) is 6.81. The summed E-state index contributed by atoms with van der Waals surface area (Å²) in [6.45, 7) is 2.14. The molecule has 0 spiro atoms. The fourth-order valence-corrected chi connectivity index (χ4v) is 3.43. The molecule has 1 aromatic heterocycles. The van der Waals surface area contributed by atoms with Gasteiger partial charge in [-0.25, -0.2) is 4.98 Å². The van der Waals surface area contributed by atoms with Crippen LogP contribution in [0.15, 0.2) is 54.6 Å². The molecule has 2 heterocycles. The van der Waals surface area contributed by atoms with Gasteiger partial charge in [-0.05, 0) is 73.9 Å². The van der Waals surface area contributed by atoms with Gasteiger partial charge in [-0.3, -0.25) is 4.79 Å². The summed E-state index contributed by atoms with van der Waals surface area (Å²) < 4.78 is 5.14. The Morgan fingerprint density at radius 1 is 1.00 bits per heavy atom. The topological polar surface area (TPSA) is 54.5 Å². The van der Waals surface area contributed by atoms with Gasteiger partial charge in [0.1, 0.15) is 11.6 Å². The lowest BCUT2D eigenvalue weighted by molar-refractivity contribution is 0.102. The van der Waals surface area contributed by atoms with E-state index in [1.165, 1.54) is 19.3 Å². The Kier molecular flexibility index (Phi) is 4.92. The van der Waals surface area contributed by atoms with Gasteiger partial charge in [-0.1, -0.05) is 0 Å². The summed E-state index contributed by atoms with van der Waals surface area (Å²) in [5.41, 5.74) is 2.27. The summed E-state index contributed by atoms with van der Waals surface area (Å²) in [4.78, 5) is 19.7. The number of nitrogens with one attached hydrogen (secondary N) is 1. The summed E-state index contributed by atoms with van der Waals surface area (Å²) in [5.74, 6) is 1.65. The van der Waals surface area contributed by atoms with Crippen molar-refractivity contribution in [2.45, 2.75) is 19.3 Å². The van der Waals surface area contributed by atoms with Crippen LogP contribution in [0.2, 0.25) is 0 Å². The van der Waals surface area contributed by atoms with Crippen molar-refractivity contribution in [2.24, 2.45) is 0 Å². The molecule has 1 saturated heterocycles. The minimum Gasteiger partial charge on any atom is -0.497 e. The number of nitrogens with zero attached hydrogens (tertiary/aromatic N) is 2. The third-order valence-electron chi connectivity index (χ3n) is 4.96. The molecule has 1 aliphatic heterocycles. The Morgan fingerprint density at radius 3 is 2.52 bits per heavy atom. The maximum Gasteiger partial charge on any atom is 0.255 e. The number of rotatable bonds is 4. The van der Waals surface area contributed by atoms with Crippen LogP contribution in [0.3, 0.4) is 0 Å². The normalized spacial score (nSPS) is 14.2. The molecular formula is C22H23N3O2. The number of ether oxygens (including phenoxy) is 1. The molecule has 0 bridgehead atoms. The number of anilines is 2. The van der Waals surface area contributed by atoms with Crippen molar-refractivity contribution in [3.63, 3.8) is 0 Å². The number of benzene rings is 2. The molecule has 0 saturated carbocycles. The maximum atomic E-state index is 12.6. The van der Waals surface area contributed by atoms with E-state index < -0.39 is 0 Å². The van der Waals surface area contributed by atoms with Gasteiger partial charge in [0.15, 0.2) is 0 Å². The first-order valence-corrected chi connectivity index (χ1v) is 9.34. The summed E-state index contributed by atoms with van der Waals surface area (Å²) in [5, 5.41) is 3.88. The number of carbonyl (C=O) groups excluding carboxylic acids is 1. The number of fused-ring (bicyclic) bond motifs is 1. The Bertz CT molecular complexity index is 947. The molecule has 0 aliphatic carbocycles. The standard InChI is InChI=1S/C22H23N3O2/c1-27-19-9-7-18(8-10-19)23-22(26)17-5-11-20-16(15-17)6-12-21(24-20)25-13-3-2-4-14-25/h5-12,15H,2-4,13-14H2,1H3,(H,23,26). The SMILES string of the molecule is COc1ccc(NC(=O)c2ccc3nc(N4CCCCC4)ccc3c2)cc1. The number of amides is 1. The van der Waals surface area contributed by atoms with Crippen LogP contribution < -0.4 is 15.0 Å². The molecular weight excluding hydrogens is 338 g/mol. The second-order valence-electron chi connectivity index (χ2n) is 6.81. The van der Waals surface area contributed by atoms with E-state index in [1.54, 1.807) is 7.11 Å². The molecule has 0 radical (unpaired) electrons. The highest BCUT2D eigenvalue weighted by Crippen LogP contribution is 2.23. The van der Waals surface area contributed by atoms with Crippen LogP contribution in [-0.2, 0) is 0 Å². The van der Waals surface area contributed by atoms with Crippen LogP contribution in [0, 0.1) is 0 Å². The monoisotopic (exact) mass is 361 g/mol. The third kappa shape index (κ3) is 3.87. The van der Waals surface area contributed by atoms with Crippen molar-refractivity contribution >= 4 is 28.3 Å². The molecule has 1 amide bonds. The molecule has 1 aliphatic rings. The minimum absolute atomic E-state index is 0.137. The van der Waals surface area contributed by atoms with Crippen LogP contribution >= 0.6 is 0 Å². The van der Waals surface area contributed by atoms with Gasteiger partial charge in [0.25, 0.3) is 5.91 Å². The maximum absolute atomic E-state index is 12.6. The van der Waals surface area contributed by atoms with Gasteiger partial charge in [0.05, 0.1) is 12.6 Å². The molecule has 0 atom stereocenters. The zero-order valence-corrected chi connectivity index (χ0v) is 15.4. The van der Waals surface area contributed by atoms with Crippen LogP contribution in [-0.4, -0.2) is 31.1 Å². The van der Waals surface area contributed by atoms with Crippen molar-refractivity contribution in [3.05, 3.63) is 60.2 Å².